The maximum absolute atomic E-state index is 4.52. The zero-order valence-electron chi connectivity index (χ0n) is 14.0. The van der Waals surface area contributed by atoms with E-state index in [0.717, 1.165) is 35.9 Å². The maximum Gasteiger partial charge on any atom is 0.142 e. The second kappa shape index (κ2) is 7.04. The van der Waals surface area contributed by atoms with Crippen molar-refractivity contribution in [2.45, 2.75) is 32.1 Å². The van der Waals surface area contributed by atoms with Crippen molar-refractivity contribution in [3.05, 3.63) is 54.5 Å². The predicted octanol–water partition coefficient (Wildman–Crippen LogP) is 4.20. The molecule has 0 atom stereocenters. The van der Waals surface area contributed by atoms with Gasteiger partial charge in [0.1, 0.15) is 17.8 Å². The molecule has 0 amide bonds. The molecule has 24 heavy (non-hydrogen) atoms. The minimum Gasteiger partial charge on any atom is -0.356 e. The molecule has 1 aromatic carbocycles. The minimum absolute atomic E-state index is 0.855. The molecule has 0 aliphatic carbocycles. The van der Waals surface area contributed by atoms with Crippen molar-refractivity contribution >= 4 is 16.9 Å². The Morgan fingerprint density at radius 3 is 2.71 bits per heavy atom. The monoisotopic (exact) mass is 320 g/mol. The van der Waals surface area contributed by atoms with E-state index in [1.807, 2.05) is 6.20 Å². The van der Waals surface area contributed by atoms with E-state index in [9.17, 15) is 0 Å². The smallest absolute Gasteiger partial charge is 0.142 e. The van der Waals surface area contributed by atoms with Crippen molar-refractivity contribution < 1.29 is 0 Å². The number of nitrogens with zero attached hydrogens (tertiary/aromatic N) is 3. The average Bonchev–Trinajstić information content (AvgIpc) is 3.12. The summed E-state index contributed by atoms with van der Waals surface area (Å²) in [6, 6.07) is 12.9. The number of hydrogen-bond donors (Lipinski definition) is 1. The summed E-state index contributed by atoms with van der Waals surface area (Å²) < 4.78 is 0. The fourth-order valence-electron chi connectivity index (χ4n) is 3.78. The summed E-state index contributed by atoms with van der Waals surface area (Å²) in [6.07, 6.45) is 9.99. The zero-order chi connectivity index (χ0) is 16.2. The van der Waals surface area contributed by atoms with Gasteiger partial charge < -0.3 is 9.88 Å². The molecule has 1 aliphatic rings. The van der Waals surface area contributed by atoms with E-state index in [2.05, 4.69) is 56.3 Å². The molecule has 0 radical (unpaired) electrons. The highest BCUT2D eigenvalue weighted by Crippen LogP contribution is 2.28. The number of fused-ring (bicyclic) bond motifs is 1. The van der Waals surface area contributed by atoms with Crippen LogP contribution in [0, 0.1) is 5.92 Å². The number of aryl methyl sites for hydroxylation is 1. The third-order valence-corrected chi connectivity index (χ3v) is 5.17. The number of nitrogens with one attached hydrogen (secondary N) is 1. The van der Waals surface area contributed by atoms with Crippen LogP contribution in [-0.4, -0.2) is 28.0 Å². The van der Waals surface area contributed by atoms with E-state index in [-0.39, 0.29) is 0 Å². The van der Waals surface area contributed by atoms with Crippen LogP contribution in [0.2, 0.25) is 0 Å². The Labute approximate surface area is 142 Å². The Hall–Kier alpha value is -2.36. The second-order valence-corrected chi connectivity index (χ2v) is 6.75. The molecule has 1 saturated heterocycles. The number of aromatic nitrogens is 3. The van der Waals surface area contributed by atoms with Gasteiger partial charge in [0, 0.05) is 19.3 Å². The molecule has 3 aromatic rings. The number of H-pyrrole nitrogens is 1. The summed E-state index contributed by atoms with van der Waals surface area (Å²) in [6.45, 7) is 2.21. The molecule has 0 saturated carbocycles. The van der Waals surface area contributed by atoms with Crippen LogP contribution in [0.25, 0.3) is 11.0 Å². The Kier molecular flexibility index (Phi) is 4.45. The van der Waals surface area contributed by atoms with Gasteiger partial charge in [0.05, 0.1) is 5.39 Å². The fourth-order valence-corrected chi connectivity index (χ4v) is 3.78. The summed E-state index contributed by atoms with van der Waals surface area (Å²) in [5.41, 5.74) is 2.40. The fraction of sp³-hybridized carbons (Fsp3) is 0.400. The van der Waals surface area contributed by atoms with E-state index >= 15 is 0 Å². The summed E-state index contributed by atoms with van der Waals surface area (Å²) in [5.74, 6) is 1.94. The van der Waals surface area contributed by atoms with Crippen LogP contribution in [0.1, 0.15) is 31.2 Å². The first-order chi connectivity index (χ1) is 11.9. The van der Waals surface area contributed by atoms with Crippen LogP contribution < -0.4 is 4.90 Å². The van der Waals surface area contributed by atoms with Gasteiger partial charge in [0.15, 0.2) is 0 Å². The van der Waals surface area contributed by atoms with Gasteiger partial charge in [-0.15, -0.1) is 0 Å². The van der Waals surface area contributed by atoms with E-state index in [1.165, 1.54) is 37.7 Å². The second-order valence-electron chi connectivity index (χ2n) is 6.75. The van der Waals surface area contributed by atoms with Crippen LogP contribution in [-0.2, 0) is 6.42 Å². The van der Waals surface area contributed by atoms with Gasteiger partial charge in [-0.25, -0.2) is 9.97 Å². The Morgan fingerprint density at radius 1 is 1.04 bits per heavy atom. The van der Waals surface area contributed by atoms with Crippen LogP contribution in [0.4, 0.5) is 5.82 Å². The lowest BCUT2D eigenvalue weighted by atomic mass is 9.90. The highest BCUT2D eigenvalue weighted by Gasteiger charge is 2.21. The van der Waals surface area contributed by atoms with Gasteiger partial charge in [-0.05, 0) is 49.7 Å². The molecular formula is C20H24N4. The molecule has 1 fully saturated rings. The topological polar surface area (TPSA) is 44.8 Å². The number of rotatable bonds is 5. The molecule has 4 nitrogen and oxygen atoms in total. The molecule has 124 valence electrons. The molecule has 0 bridgehead atoms. The predicted molar refractivity (Wildman–Crippen MR) is 98.2 cm³/mol. The molecule has 3 heterocycles. The summed E-state index contributed by atoms with van der Waals surface area (Å²) >= 11 is 0. The lowest BCUT2D eigenvalue weighted by molar-refractivity contribution is 0.372. The van der Waals surface area contributed by atoms with Crippen molar-refractivity contribution in [2.24, 2.45) is 5.92 Å². The number of benzene rings is 1. The normalized spacial score (nSPS) is 15.9. The number of anilines is 1. The van der Waals surface area contributed by atoms with Crippen molar-refractivity contribution in [2.75, 3.05) is 18.0 Å². The minimum atomic E-state index is 0.855. The molecule has 4 rings (SSSR count). The SMILES string of the molecule is c1ccc(CCCC2CCN(c3ncnc4[nH]ccc34)CC2)cc1. The van der Waals surface area contributed by atoms with Gasteiger partial charge in [0.2, 0.25) is 0 Å². The lowest BCUT2D eigenvalue weighted by Gasteiger charge is -2.33. The van der Waals surface area contributed by atoms with Crippen LogP contribution in [0.3, 0.4) is 0 Å². The van der Waals surface area contributed by atoms with E-state index in [0.29, 0.717) is 0 Å². The van der Waals surface area contributed by atoms with Gasteiger partial charge in [-0.2, -0.15) is 0 Å². The third-order valence-electron chi connectivity index (χ3n) is 5.17. The summed E-state index contributed by atoms with van der Waals surface area (Å²) in [4.78, 5) is 14.4. The number of piperidine rings is 1. The first kappa shape index (κ1) is 15.2. The van der Waals surface area contributed by atoms with E-state index < -0.39 is 0 Å². The first-order valence-corrected chi connectivity index (χ1v) is 8.97. The Morgan fingerprint density at radius 2 is 1.88 bits per heavy atom. The van der Waals surface area contributed by atoms with Crippen molar-refractivity contribution in [1.82, 2.24) is 15.0 Å². The van der Waals surface area contributed by atoms with Crippen LogP contribution in [0.5, 0.6) is 0 Å². The van der Waals surface area contributed by atoms with Crippen LogP contribution in [0.15, 0.2) is 48.9 Å². The molecule has 0 spiro atoms. The molecule has 2 aromatic heterocycles. The number of hydrogen-bond acceptors (Lipinski definition) is 3. The summed E-state index contributed by atoms with van der Waals surface area (Å²) in [5, 5.41) is 1.14. The van der Waals surface area contributed by atoms with Gasteiger partial charge in [-0.1, -0.05) is 30.3 Å². The van der Waals surface area contributed by atoms with Crippen molar-refractivity contribution in [3.63, 3.8) is 0 Å². The van der Waals surface area contributed by atoms with E-state index in [1.54, 1.807) is 6.33 Å². The maximum atomic E-state index is 4.52. The number of aromatic amines is 1. The lowest BCUT2D eigenvalue weighted by Crippen LogP contribution is -2.34. The quantitative estimate of drug-likeness (QED) is 0.766. The molecular weight excluding hydrogens is 296 g/mol. The molecule has 0 unspecified atom stereocenters. The molecule has 1 aliphatic heterocycles. The highest BCUT2D eigenvalue weighted by molar-refractivity contribution is 5.87. The highest BCUT2D eigenvalue weighted by atomic mass is 15.2. The average molecular weight is 320 g/mol. The first-order valence-electron chi connectivity index (χ1n) is 8.97. The Bertz CT molecular complexity index is 772. The van der Waals surface area contributed by atoms with Gasteiger partial charge in [0.25, 0.3) is 0 Å². The zero-order valence-corrected chi connectivity index (χ0v) is 14.0. The standard InChI is InChI=1S/C20H24N4/c1-2-5-16(6-3-1)7-4-8-17-10-13-24(14-11-17)20-18-9-12-21-19(18)22-15-23-20/h1-3,5-6,9,12,15,17H,4,7-8,10-11,13-14H2,(H,21,22,23). The third kappa shape index (κ3) is 3.28. The van der Waals surface area contributed by atoms with Crippen molar-refractivity contribution in [1.29, 1.82) is 0 Å². The van der Waals surface area contributed by atoms with Gasteiger partial charge in [-0.3, -0.25) is 0 Å². The summed E-state index contributed by atoms with van der Waals surface area (Å²) in [7, 11) is 0. The van der Waals surface area contributed by atoms with E-state index in [4.69, 9.17) is 0 Å². The molecule has 1 N–H and O–H groups in total. The van der Waals surface area contributed by atoms with Crippen LogP contribution >= 0.6 is 0 Å². The molecule has 4 heteroatoms. The van der Waals surface area contributed by atoms with Gasteiger partial charge >= 0.3 is 0 Å². The Balaban J connectivity index is 1.30. The largest absolute Gasteiger partial charge is 0.356 e. The van der Waals surface area contributed by atoms with Crippen molar-refractivity contribution in [3.8, 4) is 0 Å².